The average molecular weight is 299 g/mol. The van der Waals surface area contributed by atoms with Gasteiger partial charge in [-0.1, -0.05) is 6.92 Å². The number of nitrogens with one attached hydrogen (secondary N) is 1. The van der Waals surface area contributed by atoms with Crippen LogP contribution in [0, 0.1) is 0 Å². The smallest absolute Gasteiger partial charge is 0.188 e. The number of anilines is 1. The number of carbonyl (C=O) groups excluding carboxylic acids is 2. The van der Waals surface area contributed by atoms with E-state index in [0.717, 1.165) is 25.3 Å². The molecule has 0 atom stereocenters. The molecule has 0 aliphatic heterocycles. The van der Waals surface area contributed by atoms with Crippen LogP contribution >= 0.6 is 0 Å². The van der Waals surface area contributed by atoms with Gasteiger partial charge in [-0.2, -0.15) is 0 Å². The molecule has 0 aromatic heterocycles. The third-order valence-corrected chi connectivity index (χ3v) is 3.53. The molecule has 116 valence electrons. The van der Waals surface area contributed by atoms with Gasteiger partial charge in [0.15, 0.2) is 11.6 Å². The maximum atomic E-state index is 11.7. The van der Waals surface area contributed by atoms with Gasteiger partial charge in [0.05, 0.1) is 12.1 Å². The molecule has 22 heavy (non-hydrogen) atoms. The van der Waals surface area contributed by atoms with Gasteiger partial charge in [-0.3, -0.25) is 9.59 Å². The van der Waals surface area contributed by atoms with Crippen molar-refractivity contribution in [2.45, 2.75) is 13.3 Å². The predicted octanol–water partition coefficient (Wildman–Crippen LogP) is 2.22. The third kappa shape index (κ3) is 4.63. The number of nitrogens with zero attached hydrogens (tertiary/aromatic N) is 2. The summed E-state index contributed by atoms with van der Waals surface area (Å²) in [5.41, 5.74) is 2.07. The number of likely N-dealkylation sites (N-methyl/N-ethyl adjacent to an activating group) is 1. The summed E-state index contributed by atoms with van der Waals surface area (Å²) in [6.07, 6.45) is 2.81. The molecular weight excluding hydrogens is 278 g/mol. The van der Waals surface area contributed by atoms with Crippen LogP contribution < -0.4 is 5.32 Å². The molecule has 0 fully saturated rings. The van der Waals surface area contributed by atoms with Crippen LogP contribution in [0.5, 0.6) is 0 Å². The molecule has 2 rings (SSSR count). The highest BCUT2D eigenvalue weighted by Gasteiger charge is 2.17. The highest BCUT2D eigenvalue weighted by atomic mass is 16.1. The van der Waals surface area contributed by atoms with E-state index in [9.17, 15) is 9.59 Å². The number of hydrogen-bond donors (Lipinski definition) is 1. The molecule has 0 spiro atoms. The summed E-state index contributed by atoms with van der Waals surface area (Å²) in [5, 5.41) is 3.34. The highest BCUT2D eigenvalue weighted by Crippen LogP contribution is 2.17. The van der Waals surface area contributed by atoms with Crippen LogP contribution in [0.25, 0.3) is 0 Å². The molecule has 1 aliphatic rings. The summed E-state index contributed by atoms with van der Waals surface area (Å²) in [5.74, 6) is -0.391. The number of carbonyl (C=O) groups is 2. The van der Waals surface area contributed by atoms with Crippen LogP contribution in [0.4, 0.5) is 11.4 Å². The van der Waals surface area contributed by atoms with Crippen LogP contribution in [0.15, 0.2) is 41.4 Å². The minimum Gasteiger partial charge on any atom is -0.384 e. The quantitative estimate of drug-likeness (QED) is 0.818. The Morgan fingerprint density at radius 3 is 2.55 bits per heavy atom. The van der Waals surface area contributed by atoms with Crippen LogP contribution in [0.1, 0.15) is 13.3 Å². The third-order valence-electron chi connectivity index (χ3n) is 3.53. The highest BCUT2D eigenvalue weighted by molar-refractivity contribution is 6.49. The van der Waals surface area contributed by atoms with Gasteiger partial charge < -0.3 is 10.2 Å². The number of ketones is 2. The van der Waals surface area contributed by atoms with E-state index in [-0.39, 0.29) is 18.0 Å². The molecular formula is C17H21N3O2. The average Bonchev–Trinajstić information content (AvgIpc) is 2.51. The van der Waals surface area contributed by atoms with Gasteiger partial charge in [0.2, 0.25) is 0 Å². The Hall–Kier alpha value is -2.27. The van der Waals surface area contributed by atoms with E-state index >= 15 is 0 Å². The minimum atomic E-state index is -0.225. The lowest BCUT2D eigenvalue weighted by atomic mass is 10.0. The van der Waals surface area contributed by atoms with Gasteiger partial charge in [-0.15, -0.1) is 0 Å². The van der Waals surface area contributed by atoms with Gasteiger partial charge in [0, 0.05) is 18.8 Å². The monoisotopic (exact) mass is 299 g/mol. The Balaban J connectivity index is 1.96. The molecule has 1 N–H and O–H groups in total. The summed E-state index contributed by atoms with van der Waals surface area (Å²) >= 11 is 0. The molecule has 1 aromatic carbocycles. The van der Waals surface area contributed by atoms with Crippen LogP contribution in [-0.2, 0) is 9.59 Å². The zero-order valence-electron chi connectivity index (χ0n) is 13.0. The number of allylic oxidation sites excluding steroid dienone is 2. The van der Waals surface area contributed by atoms with Crippen molar-refractivity contribution in [3.8, 4) is 0 Å². The van der Waals surface area contributed by atoms with Crippen molar-refractivity contribution < 1.29 is 9.59 Å². The maximum absolute atomic E-state index is 11.7. The lowest BCUT2D eigenvalue weighted by Gasteiger charge is -2.14. The van der Waals surface area contributed by atoms with Crippen molar-refractivity contribution in [1.29, 1.82) is 0 Å². The Kier molecular flexibility index (Phi) is 5.61. The van der Waals surface area contributed by atoms with Crippen molar-refractivity contribution in [3.05, 3.63) is 36.4 Å². The fraction of sp³-hybridized carbons (Fsp3) is 0.353. The topological polar surface area (TPSA) is 61.8 Å². The van der Waals surface area contributed by atoms with Crippen molar-refractivity contribution in [1.82, 2.24) is 4.90 Å². The van der Waals surface area contributed by atoms with E-state index in [1.807, 2.05) is 24.3 Å². The molecule has 0 bridgehead atoms. The lowest BCUT2D eigenvalue weighted by molar-refractivity contribution is -0.121. The zero-order chi connectivity index (χ0) is 15.9. The fourth-order valence-electron chi connectivity index (χ4n) is 2.01. The van der Waals surface area contributed by atoms with Gasteiger partial charge in [0.1, 0.15) is 5.71 Å². The number of rotatable bonds is 6. The summed E-state index contributed by atoms with van der Waals surface area (Å²) in [7, 11) is 2.08. The first-order chi connectivity index (χ1) is 10.6. The van der Waals surface area contributed by atoms with E-state index in [2.05, 4.69) is 29.2 Å². The summed E-state index contributed by atoms with van der Waals surface area (Å²) in [6, 6.07) is 7.59. The van der Waals surface area contributed by atoms with E-state index in [1.165, 1.54) is 12.2 Å². The minimum absolute atomic E-state index is 0.0834. The summed E-state index contributed by atoms with van der Waals surface area (Å²) in [4.78, 5) is 29.3. The van der Waals surface area contributed by atoms with Crippen molar-refractivity contribution in [3.63, 3.8) is 0 Å². The second kappa shape index (κ2) is 7.66. The number of hydrogen-bond acceptors (Lipinski definition) is 5. The molecule has 5 nitrogen and oxygen atoms in total. The maximum Gasteiger partial charge on any atom is 0.188 e. The molecule has 0 unspecified atom stereocenters. The van der Waals surface area contributed by atoms with Crippen LogP contribution in [0.2, 0.25) is 0 Å². The SMILES string of the molecule is CCN(C)CCNc1ccc(N=C2C=CC(=O)CC2=O)cc1. The first kappa shape index (κ1) is 16.1. The van der Waals surface area contributed by atoms with Crippen molar-refractivity contribution in [2.75, 3.05) is 32.0 Å². The predicted molar refractivity (Wildman–Crippen MR) is 89.0 cm³/mol. The van der Waals surface area contributed by atoms with Gasteiger partial charge in [-0.05, 0) is 50.0 Å². The molecule has 0 amide bonds. The number of aliphatic imine (C=N–C) groups is 1. The molecule has 0 saturated carbocycles. The summed E-state index contributed by atoms with van der Waals surface area (Å²) in [6.45, 7) is 5.01. The normalized spacial score (nSPS) is 16.6. The Morgan fingerprint density at radius 2 is 1.91 bits per heavy atom. The number of Topliss-reactive ketones (excluding diaryl/α,β-unsaturated/α-hetero) is 1. The fourth-order valence-corrected chi connectivity index (χ4v) is 2.01. The Morgan fingerprint density at radius 1 is 1.18 bits per heavy atom. The largest absolute Gasteiger partial charge is 0.384 e. The molecule has 5 heteroatoms. The Labute approximate surface area is 130 Å². The second-order valence-corrected chi connectivity index (χ2v) is 5.27. The van der Waals surface area contributed by atoms with Crippen molar-refractivity contribution in [2.24, 2.45) is 4.99 Å². The van der Waals surface area contributed by atoms with Gasteiger partial charge >= 0.3 is 0 Å². The van der Waals surface area contributed by atoms with Crippen LogP contribution in [0.3, 0.4) is 0 Å². The molecule has 0 saturated heterocycles. The van der Waals surface area contributed by atoms with E-state index in [4.69, 9.17) is 0 Å². The molecule has 0 radical (unpaired) electrons. The lowest BCUT2D eigenvalue weighted by Crippen LogP contribution is -2.24. The first-order valence-electron chi connectivity index (χ1n) is 7.43. The van der Waals surface area contributed by atoms with Gasteiger partial charge in [-0.25, -0.2) is 4.99 Å². The first-order valence-corrected chi connectivity index (χ1v) is 7.43. The molecule has 1 aliphatic carbocycles. The van der Waals surface area contributed by atoms with Crippen molar-refractivity contribution >= 4 is 28.7 Å². The van der Waals surface area contributed by atoms with E-state index < -0.39 is 0 Å². The van der Waals surface area contributed by atoms with Crippen LogP contribution in [-0.4, -0.2) is 48.9 Å². The Bertz CT molecular complexity index is 603. The molecule has 0 heterocycles. The summed E-state index contributed by atoms with van der Waals surface area (Å²) < 4.78 is 0. The van der Waals surface area contributed by atoms with E-state index in [1.54, 1.807) is 0 Å². The zero-order valence-corrected chi connectivity index (χ0v) is 13.0. The second-order valence-electron chi connectivity index (χ2n) is 5.27. The van der Waals surface area contributed by atoms with Gasteiger partial charge in [0.25, 0.3) is 0 Å². The van der Waals surface area contributed by atoms with E-state index in [0.29, 0.717) is 11.4 Å². The molecule has 1 aromatic rings. The number of benzene rings is 1. The standard InChI is InChI=1S/C17H21N3O2/c1-3-20(2)11-10-18-13-4-6-14(7-5-13)19-16-9-8-15(21)12-17(16)22/h4-9,18H,3,10-12H2,1-2H3.